The second-order valence-corrected chi connectivity index (χ2v) is 6.34. The maximum atomic E-state index is 11.2. The van der Waals surface area contributed by atoms with Crippen LogP contribution in [0.3, 0.4) is 0 Å². The van der Waals surface area contributed by atoms with Gasteiger partial charge in [0.1, 0.15) is 5.84 Å². The number of nitrogens with zero attached hydrogens (tertiary/aromatic N) is 3. The molecule has 1 fully saturated rings. The van der Waals surface area contributed by atoms with Crippen molar-refractivity contribution in [2.75, 3.05) is 7.05 Å². The molecule has 1 heterocycles. The monoisotopic (exact) mass is 355 g/mol. The second kappa shape index (κ2) is 6.61. The van der Waals surface area contributed by atoms with Gasteiger partial charge in [-0.05, 0) is 36.3 Å². The lowest BCUT2D eigenvalue weighted by Crippen LogP contribution is -2.19. The van der Waals surface area contributed by atoms with Crippen LogP contribution < -0.4 is 11.5 Å². The van der Waals surface area contributed by atoms with Crippen LogP contribution in [0.25, 0.3) is 10.9 Å². The van der Waals surface area contributed by atoms with E-state index in [2.05, 4.69) is 21.9 Å². The maximum absolute atomic E-state index is 11.2. The Bertz CT molecular complexity index is 986. The molecule has 3 rings (SSSR count). The van der Waals surface area contributed by atoms with Crippen molar-refractivity contribution >= 4 is 34.6 Å². The fourth-order valence-corrected chi connectivity index (χ4v) is 3.05. The number of aryl methyl sites for hydroxylation is 1. The predicted octanol–water partition coefficient (Wildman–Crippen LogP) is 1.85. The van der Waals surface area contributed by atoms with E-state index in [0.29, 0.717) is 22.8 Å². The number of benzene rings is 1. The number of hydrogen-bond acceptors (Lipinski definition) is 4. The van der Waals surface area contributed by atoms with Crippen molar-refractivity contribution in [1.82, 2.24) is 9.78 Å². The van der Waals surface area contributed by atoms with Gasteiger partial charge in [-0.2, -0.15) is 5.10 Å². The zero-order valence-corrected chi connectivity index (χ0v) is 14.8. The molecule has 1 aliphatic carbocycles. The first kappa shape index (κ1) is 17.1. The van der Waals surface area contributed by atoms with Crippen molar-refractivity contribution in [3.05, 3.63) is 39.7 Å². The Morgan fingerprint density at radius 3 is 2.80 bits per heavy atom. The number of aldehydes is 1. The van der Waals surface area contributed by atoms with E-state index in [1.54, 1.807) is 6.20 Å². The van der Waals surface area contributed by atoms with Crippen LogP contribution >= 0.6 is 11.6 Å². The van der Waals surface area contributed by atoms with Gasteiger partial charge < -0.3 is 11.5 Å². The Morgan fingerprint density at radius 2 is 2.20 bits per heavy atom. The van der Waals surface area contributed by atoms with E-state index < -0.39 is 0 Å². The predicted molar refractivity (Wildman–Crippen MR) is 99.4 cm³/mol. The molecule has 0 saturated heterocycles. The number of allylic oxidation sites excluding steroid dienone is 1. The van der Waals surface area contributed by atoms with Crippen LogP contribution in [0.1, 0.15) is 29.9 Å². The summed E-state index contributed by atoms with van der Waals surface area (Å²) >= 11 is 6.46. The topological polar surface area (TPSA) is 99.3 Å². The van der Waals surface area contributed by atoms with Crippen LogP contribution in [-0.2, 0) is 11.8 Å². The quantitative estimate of drug-likeness (QED) is 0.288. The highest BCUT2D eigenvalue weighted by molar-refractivity contribution is 6.33. The summed E-state index contributed by atoms with van der Waals surface area (Å²) < 4.78 is 1.84. The van der Waals surface area contributed by atoms with E-state index in [4.69, 9.17) is 23.1 Å². The number of nitrogens with two attached hydrogens (primary N) is 2. The molecule has 0 atom stereocenters. The van der Waals surface area contributed by atoms with Crippen molar-refractivity contribution in [2.45, 2.75) is 18.8 Å². The fraction of sp³-hybridized carbons (Fsp3) is 0.278. The van der Waals surface area contributed by atoms with Crippen LogP contribution in [0, 0.1) is 11.8 Å². The van der Waals surface area contributed by atoms with Crippen LogP contribution in [0.4, 0.5) is 0 Å². The molecule has 7 heteroatoms. The number of halogens is 1. The Labute approximate surface area is 150 Å². The van der Waals surface area contributed by atoms with Gasteiger partial charge in [-0.25, -0.2) is 0 Å². The molecule has 0 spiro atoms. The van der Waals surface area contributed by atoms with E-state index in [-0.39, 0.29) is 17.1 Å². The standard InChI is InChI=1S/C18H18ClN5O/c1-22-18(21)14(9-25)16(20)6-5-11-13-8-23-24(2)17(13)12(7-15(11)19)10-3-4-10/h7-10H,3-4,20H2,1-2H3,(H2,21,22)/b16-14-. The molecular formula is C18H18ClN5O. The summed E-state index contributed by atoms with van der Waals surface area (Å²) in [4.78, 5) is 14.9. The first-order chi connectivity index (χ1) is 12.0. The molecule has 1 aliphatic rings. The molecule has 1 saturated carbocycles. The summed E-state index contributed by atoms with van der Waals surface area (Å²) in [6.45, 7) is 0. The highest BCUT2D eigenvalue weighted by Gasteiger charge is 2.28. The van der Waals surface area contributed by atoms with Gasteiger partial charge in [0.2, 0.25) is 0 Å². The number of amidine groups is 1. The number of hydrogen-bond donors (Lipinski definition) is 2. The number of rotatable bonds is 3. The fourth-order valence-electron chi connectivity index (χ4n) is 2.78. The molecule has 0 aliphatic heterocycles. The van der Waals surface area contributed by atoms with Gasteiger partial charge in [0, 0.05) is 19.5 Å². The number of aliphatic imine (C=N–C) groups is 1. The highest BCUT2D eigenvalue weighted by atomic mass is 35.5. The van der Waals surface area contributed by atoms with E-state index >= 15 is 0 Å². The Hall–Kier alpha value is -2.78. The average Bonchev–Trinajstić information content (AvgIpc) is 3.37. The van der Waals surface area contributed by atoms with Gasteiger partial charge in [-0.3, -0.25) is 14.5 Å². The van der Waals surface area contributed by atoms with E-state index in [9.17, 15) is 4.79 Å². The first-order valence-corrected chi connectivity index (χ1v) is 8.19. The summed E-state index contributed by atoms with van der Waals surface area (Å²) in [6, 6.07) is 1.95. The van der Waals surface area contributed by atoms with Crippen molar-refractivity contribution in [2.24, 2.45) is 23.5 Å². The molecule has 4 N–H and O–H groups in total. The molecule has 0 amide bonds. The smallest absolute Gasteiger partial charge is 0.156 e. The lowest BCUT2D eigenvalue weighted by molar-refractivity contribution is -0.104. The van der Waals surface area contributed by atoms with Gasteiger partial charge in [0.15, 0.2) is 6.29 Å². The number of carbonyl (C=O) groups is 1. The van der Waals surface area contributed by atoms with Crippen LogP contribution in [-0.4, -0.2) is 28.9 Å². The molecule has 0 unspecified atom stereocenters. The van der Waals surface area contributed by atoms with Crippen LogP contribution in [0.2, 0.25) is 5.02 Å². The Balaban J connectivity index is 2.16. The number of aromatic nitrogens is 2. The van der Waals surface area contributed by atoms with Crippen molar-refractivity contribution in [1.29, 1.82) is 0 Å². The summed E-state index contributed by atoms with van der Waals surface area (Å²) in [5.74, 6) is 6.30. The molecule has 128 valence electrons. The second-order valence-electron chi connectivity index (χ2n) is 5.93. The third kappa shape index (κ3) is 3.11. The van der Waals surface area contributed by atoms with Gasteiger partial charge in [-0.1, -0.05) is 17.5 Å². The number of carbonyl (C=O) groups excluding carboxylic acids is 1. The van der Waals surface area contributed by atoms with Crippen molar-refractivity contribution < 1.29 is 4.79 Å². The Kier molecular flexibility index (Phi) is 4.51. The minimum Gasteiger partial charge on any atom is -0.391 e. The summed E-state index contributed by atoms with van der Waals surface area (Å²) in [5.41, 5.74) is 14.5. The third-order valence-corrected chi connectivity index (χ3v) is 4.56. The molecule has 1 aromatic heterocycles. The van der Waals surface area contributed by atoms with Gasteiger partial charge in [-0.15, -0.1) is 0 Å². The molecule has 6 nitrogen and oxygen atoms in total. The summed E-state index contributed by atoms with van der Waals surface area (Å²) in [6.07, 6.45) is 4.62. The normalized spacial score (nSPS) is 15.6. The molecule has 2 aromatic rings. The number of fused-ring (bicyclic) bond motifs is 1. The van der Waals surface area contributed by atoms with Crippen molar-refractivity contribution in [3.63, 3.8) is 0 Å². The van der Waals surface area contributed by atoms with E-state index in [1.807, 2.05) is 17.8 Å². The van der Waals surface area contributed by atoms with E-state index in [0.717, 1.165) is 23.7 Å². The minimum atomic E-state index is 0.0449. The average molecular weight is 356 g/mol. The lowest BCUT2D eigenvalue weighted by Gasteiger charge is -2.07. The maximum Gasteiger partial charge on any atom is 0.156 e. The largest absolute Gasteiger partial charge is 0.391 e. The zero-order valence-electron chi connectivity index (χ0n) is 14.0. The summed E-state index contributed by atoms with van der Waals surface area (Å²) in [7, 11) is 3.38. The summed E-state index contributed by atoms with van der Waals surface area (Å²) in [5, 5.41) is 5.77. The highest BCUT2D eigenvalue weighted by Crippen LogP contribution is 2.45. The first-order valence-electron chi connectivity index (χ1n) is 7.81. The minimum absolute atomic E-state index is 0.0449. The van der Waals surface area contributed by atoms with Crippen molar-refractivity contribution in [3.8, 4) is 11.8 Å². The molecule has 25 heavy (non-hydrogen) atoms. The zero-order chi connectivity index (χ0) is 18.1. The van der Waals surface area contributed by atoms with Gasteiger partial charge >= 0.3 is 0 Å². The SMILES string of the molecule is CN=C(N)/C(C=O)=C(\N)C#Cc1c(Cl)cc(C2CC2)c2c1cnn2C. The van der Waals surface area contributed by atoms with Gasteiger partial charge in [0.05, 0.1) is 33.6 Å². The third-order valence-electron chi connectivity index (χ3n) is 4.27. The molecular weight excluding hydrogens is 338 g/mol. The Morgan fingerprint density at radius 1 is 1.48 bits per heavy atom. The van der Waals surface area contributed by atoms with Crippen LogP contribution in [0.5, 0.6) is 0 Å². The molecule has 1 aromatic carbocycles. The van der Waals surface area contributed by atoms with Crippen LogP contribution in [0.15, 0.2) is 28.5 Å². The lowest BCUT2D eigenvalue weighted by atomic mass is 10.0. The van der Waals surface area contributed by atoms with E-state index in [1.165, 1.54) is 12.6 Å². The molecule has 0 radical (unpaired) electrons. The van der Waals surface area contributed by atoms with Gasteiger partial charge in [0.25, 0.3) is 0 Å². The molecule has 0 bridgehead atoms.